The third kappa shape index (κ3) is 2.35. The Morgan fingerprint density at radius 1 is 1.20 bits per heavy atom. The molecule has 0 amide bonds. The van der Waals surface area contributed by atoms with E-state index in [0.717, 1.165) is 22.8 Å². The van der Waals surface area contributed by atoms with Gasteiger partial charge >= 0.3 is 0 Å². The first kappa shape index (κ1) is 12.6. The number of fused-ring (bicyclic) bond motifs is 1. The number of rotatable bonds is 3. The SMILES string of the molecule is Cc1ccc(Nc2ccc3nc(CN)cn3n2)c(C)c1. The normalized spacial score (nSPS) is 10.9. The van der Waals surface area contributed by atoms with Crippen LogP contribution in [-0.4, -0.2) is 14.6 Å². The van der Waals surface area contributed by atoms with Crippen LogP contribution < -0.4 is 11.1 Å². The molecule has 2 aromatic heterocycles. The maximum atomic E-state index is 5.59. The van der Waals surface area contributed by atoms with Crippen LogP contribution in [0.3, 0.4) is 0 Å². The van der Waals surface area contributed by atoms with E-state index in [1.807, 2.05) is 18.3 Å². The van der Waals surface area contributed by atoms with E-state index in [1.165, 1.54) is 11.1 Å². The van der Waals surface area contributed by atoms with Gasteiger partial charge in [-0.2, -0.15) is 0 Å². The zero-order chi connectivity index (χ0) is 14.1. The molecule has 0 unspecified atom stereocenters. The van der Waals surface area contributed by atoms with Crippen LogP contribution in [0.4, 0.5) is 11.5 Å². The van der Waals surface area contributed by atoms with E-state index in [-0.39, 0.29) is 0 Å². The molecule has 5 nitrogen and oxygen atoms in total. The minimum Gasteiger partial charge on any atom is -0.339 e. The predicted octanol–water partition coefficient (Wildman–Crippen LogP) is 2.55. The summed E-state index contributed by atoms with van der Waals surface area (Å²) in [5.74, 6) is 0.783. The van der Waals surface area contributed by atoms with Crippen molar-refractivity contribution in [1.82, 2.24) is 14.6 Å². The van der Waals surface area contributed by atoms with Gasteiger partial charge in [0.2, 0.25) is 0 Å². The first-order valence-electron chi connectivity index (χ1n) is 6.55. The molecule has 102 valence electrons. The maximum Gasteiger partial charge on any atom is 0.153 e. The van der Waals surface area contributed by atoms with E-state index >= 15 is 0 Å². The van der Waals surface area contributed by atoms with Gasteiger partial charge in [0, 0.05) is 12.2 Å². The molecule has 0 aliphatic heterocycles. The van der Waals surface area contributed by atoms with Crippen molar-refractivity contribution in [1.29, 1.82) is 0 Å². The Labute approximate surface area is 117 Å². The van der Waals surface area contributed by atoms with E-state index in [1.54, 1.807) is 4.52 Å². The smallest absolute Gasteiger partial charge is 0.153 e. The van der Waals surface area contributed by atoms with E-state index < -0.39 is 0 Å². The first-order valence-corrected chi connectivity index (χ1v) is 6.55. The van der Waals surface area contributed by atoms with Gasteiger partial charge in [-0.15, -0.1) is 5.10 Å². The van der Waals surface area contributed by atoms with Crippen molar-refractivity contribution in [2.45, 2.75) is 20.4 Å². The van der Waals surface area contributed by atoms with Gasteiger partial charge in [0.1, 0.15) is 0 Å². The van der Waals surface area contributed by atoms with Gasteiger partial charge in [-0.05, 0) is 37.6 Å². The molecule has 0 saturated heterocycles. The van der Waals surface area contributed by atoms with Crippen molar-refractivity contribution in [3.63, 3.8) is 0 Å². The molecule has 5 heteroatoms. The van der Waals surface area contributed by atoms with Crippen molar-refractivity contribution in [3.05, 3.63) is 53.3 Å². The van der Waals surface area contributed by atoms with Gasteiger partial charge in [-0.3, -0.25) is 0 Å². The summed E-state index contributed by atoms with van der Waals surface area (Å²) in [5.41, 5.74) is 10.7. The number of nitrogens with two attached hydrogens (primary N) is 1. The fourth-order valence-corrected chi connectivity index (χ4v) is 2.19. The molecule has 3 rings (SSSR count). The van der Waals surface area contributed by atoms with Crippen molar-refractivity contribution in [2.75, 3.05) is 5.32 Å². The predicted molar refractivity (Wildman–Crippen MR) is 80.1 cm³/mol. The molecule has 2 heterocycles. The summed E-state index contributed by atoms with van der Waals surface area (Å²) in [5, 5.41) is 7.82. The highest BCUT2D eigenvalue weighted by atomic mass is 15.3. The van der Waals surface area contributed by atoms with Crippen LogP contribution in [0.15, 0.2) is 36.5 Å². The lowest BCUT2D eigenvalue weighted by atomic mass is 10.1. The van der Waals surface area contributed by atoms with E-state index in [4.69, 9.17) is 5.73 Å². The average molecular weight is 267 g/mol. The van der Waals surface area contributed by atoms with E-state index in [9.17, 15) is 0 Å². The minimum atomic E-state index is 0.420. The molecule has 20 heavy (non-hydrogen) atoms. The summed E-state index contributed by atoms with van der Waals surface area (Å²) < 4.78 is 1.74. The van der Waals surface area contributed by atoms with Gasteiger partial charge in [0.15, 0.2) is 11.5 Å². The first-order chi connectivity index (χ1) is 9.65. The van der Waals surface area contributed by atoms with Crippen molar-refractivity contribution in [3.8, 4) is 0 Å². The molecule has 0 radical (unpaired) electrons. The summed E-state index contributed by atoms with van der Waals surface area (Å²) in [4.78, 5) is 4.36. The second-order valence-electron chi connectivity index (χ2n) is 4.90. The van der Waals surface area contributed by atoms with Gasteiger partial charge in [0.25, 0.3) is 0 Å². The third-order valence-corrected chi connectivity index (χ3v) is 3.22. The van der Waals surface area contributed by atoms with Crippen LogP contribution in [-0.2, 0) is 6.54 Å². The molecule has 0 aliphatic rings. The Morgan fingerprint density at radius 3 is 2.80 bits per heavy atom. The quantitative estimate of drug-likeness (QED) is 0.765. The van der Waals surface area contributed by atoms with Crippen LogP contribution >= 0.6 is 0 Å². The molecule has 0 fully saturated rings. The molecule has 0 saturated carbocycles. The van der Waals surface area contributed by atoms with Crippen LogP contribution in [0.25, 0.3) is 5.65 Å². The Hall–Kier alpha value is -2.40. The average Bonchev–Trinajstić information content (AvgIpc) is 2.84. The lowest BCUT2D eigenvalue weighted by Crippen LogP contribution is -1.99. The summed E-state index contributed by atoms with van der Waals surface area (Å²) in [6.07, 6.45) is 1.85. The number of imidazole rings is 1. The topological polar surface area (TPSA) is 68.2 Å². The Kier molecular flexibility index (Phi) is 3.12. The molecule has 3 N–H and O–H groups in total. The fraction of sp³-hybridized carbons (Fsp3) is 0.200. The van der Waals surface area contributed by atoms with Crippen LogP contribution in [0.2, 0.25) is 0 Å². The summed E-state index contributed by atoms with van der Waals surface area (Å²) >= 11 is 0. The van der Waals surface area contributed by atoms with Crippen LogP contribution in [0, 0.1) is 13.8 Å². The highest BCUT2D eigenvalue weighted by molar-refractivity contribution is 5.61. The minimum absolute atomic E-state index is 0.420. The monoisotopic (exact) mass is 267 g/mol. The third-order valence-electron chi connectivity index (χ3n) is 3.22. The Bertz CT molecular complexity index is 760. The highest BCUT2D eigenvalue weighted by Gasteiger charge is 2.04. The zero-order valence-corrected chi connectivity index (χ0v) is 11.6. The molecule has 0 aliphatic carbocycles. The number of nitrogens with one attached hydrogen (secondary N) is 1. The van der Waals surface area contributed by atoms with Crippen LogP contribution in [0.5, 0.6) is 0 Å². The summed E-state index contributed by atoms with van der Waals surface area (Å²) in [7, 11) is 0. The lowest BCUT2D eigenvalue weighted by molar-refractivity contribution is 0.934. The van der Waals surface area contributed by atoms with Gasteiger partial charge in [0.05, 0.1) is 11.9 Å². The van der Waals surface area contributed by atoms with Crippen molar-refractivity contribution < 1.29 is 0 Å². The Morgan fingerprint density at radius 2 is 2.05 bits per heavy atom. The second-order valence-corrected chi connectivity index (χ2v) is 4.90. The largest absolute Gasteiger partial charge is 0.339 e. The molecule has 0 spiro atoms. The summed E-state index contributed by atoms with van der Waals surface area (Å²) in [6.45, 7) is 4.59. The van der Waals surface area contributed by atoms with Gasteiger partial charge in [-0.1, -0.05) is 17.7 Å². The maximum absolute atomic E-state index is 5.59. The van der Waals surface area contributed by atoms with Crippen molar-refractivity contribution >= 4 is 17.2 Å². The van der Waals surface area contributed by atoms with E-state index in [0.29, 0.717) is 6.54 Å². The van der Waals surface area contributed by atoms with Crippen molar-refractivity contribution in [2.24, 2.45) is 5.73 Å². The fourth-order valence-electron chi connectivity index (χ4n) is 2.19. The molecular weight excluding hydrogens is 250 g/mol. The summed E-state index contributed by atoms with van der Waals surface area (Å²) in [6, 6.07) is 10.1. The number of hydrogen-bond acceptors (Lipinski definition) is 4. The zero-order valence-electron chi connectivity index (χ0n) is 11.6. The molecule has 0 bridgehead atoms. The number of benzene rings is 1. The molecule has 0 atom stereocenters. The molecule has 1 aromatic carbocycles. The number of aromatic nitrogens is 3. The number of nitrogens with zero attached hydrogens (tertiary/aromatic N) is 3. The van der Waals surface area contributed by atoms with Gasteiger partial charge in [-0.25, -0.2) is 9.50 Å². The molecule has 3 aromatic rings. The second kappa shape index (κ2) is 4.94. The standard InChI is InChI=1S/C15H17N5/c1-10-3-4-13(11(2)7-10)18-14-5-6-15-17-12(8-16)9-20(15)19-14/h3-7,9H,8,16H2,1-2H3,(H,18,19). The van der Waals surface area contributed by atoms with Crippen LogP contribution in [0.1, 0.15) is 16.8 Å². The van der Waals surface area contributed by atoms with E-state index in [2.05, 4.69) is 47.4 Å². The number of aryl methyl sites for hydroxylation is 2. The number of anilines is 2. The molecular formula is C15H17N5. The Balaban J connectivity index is 1.93. The number of hydrogen-bond donors (Lipinski definition) is 2. The lowest BCUT2D eigenvalue weighted by Gasteiger charge is -2.09. The van der Waals surface area contributed by atoms with Gasteiger partial charge < -0.3 is 11.1 Å². The highest BCUT2D eigenvalue weighted by Crippen LogP contribution is 2.20.